The lowest BCUT2D eigenvalue weighted by atomic mass is 10.2. The number of nitrogens with zero attached hydrogens (tertiary/aromatic N) is 2. The zero-order valence-corrected chi connectivity index (χ0v) is 9.55. The zero-order chi connectivity index (χ0) is 11.6. The van der Waals surface area contributed by atoms with E-state index in [9.17, 15) is 0 Å². The molecule has 0 saturated carbocycles. The topological polar surface area (TPSA) is 16.1 Å². The standard InChI is InChI=1S/C14H18N2/c1-3-10-16(11-4-2)12-6-8-14-7-5-9-15-13-14/h3-7,9,12-13H,1-2,8,10-11H2. The summed E-state index contributed by atoms with van der Waals surface area (Å²) >= 11 is 0. The van der Waals surface area contributed by atoms with Crippen LogP contribution < -0.4 is 0 Å². The van der Waals surface area contributed by atoms with Gasteiger partial charge in [-0.25, -0.2) is 0 Å². The molecule has 1 rings (SSSR count). The van der Waals surface area contributed by atoms with Crippen LogP contribution in [0.3, 0.4) is 0 Å². The predicted molar refractivity (Wildman–Crippen MR) is 69.0 cm³/mol. The first-order valence-corrected chi connectivity index (χ1v) is 5.38. The van der Waals surface area contributed by atoms with Gasteiger partial charge in [0.1, 0.15) is 0 Å². The van der Waals surface area contributed by atoms with Crippen LogP contribution in [0.15, 0.2) is 62.1 Å². The summed E-state index contributed by atoms with van der Waals surface area (Å²) in [6.07, 6.45) is 12.6. The van der Waals surface area contributed by atoms with Crippen LogP contribution in [0.4, 0.5) is 0 Å². The van der Waals surface area contributed by atoms with Gasteiger partial charge < -0.3 is 4.90 Å². The van der Waals surface area contributed by atoms with E-state index in [4.69, 9.17) is 0 Å². The minimum Gasteiger partial charge on any atom is -0.370 e. The van der Waals surface area contributed by atoms with Crippen LogP contribution in [0.2, 0.25) is 0 Å². The zero-order valence-electron chi connectivity index (χ0n) is 9.55. The van der Waals surface area contributed by atoms with Crippen LogP contribution in [-0.2, 0) is 6.42 Å². The molecule has 84 valence electrons. The fourth-order valence-corrected chi connectivity index (χ4v) is 1.38. The highest BCUT2D eigenvalue weighted by atomic mass is 15.1. The van der Waals surface area contributed by atoms with Crippen molar-refractivity contribution < 1.29 is 0 Å². The number of allylic oxidation sites excluding steroid dienone is 1. The average molecular weight is 214 g/mol. The van der Waals surface area contributed by atoms with Crippen molar-refractivity contribution in [3.8, 4) is 0 Å². The highest BCUT2D eigenvalue weighted by molar-refractivity contribution is 5.12. The summed E-state index contributed by atoms with van der Waals surface area (Å²) in [5, 5.41) is 0. The van der Waals surface area contributed by atoms with Crippen LogP contribution in [0, 0.1) is 0 Å². The van der Waals surface area contributed by atoms with Gasteiger partial charge in [-0.05, 0) is 24.3 Å². The van der Waals surface area contributed by atoms with Gasteiger partial charge in [0.25, 0.3) is 0 Å². The molecule has 2 nitrogen and oxygen atoms in total. The third-order valence-electron chi connectivity index (χ3n) is 2.12. The second-order valence-electron chi connectivity index (χ2n) is 3.48. The lowest BCUT2D eigenvalue weighted by molar-refractivity contribution is 0.461. The van der Waals surface area contributed by atoms with Crippen molar-refractivity contribution >= 4 is 0 Å². The van der Waals surface area contributed by atoms with Crippen molar-refractivity contribution in [1.29, 1.82) is 0 Å². The largest absolute Gasteiger partial charge is 0.370 e. The highest BCUT2D eigenvalue weighted by Crippen LogP contribution is 1.99. The molecule has 0 radical (unpaired) electrons. The van der Waals surface area contributed by atoms with Gasteiger partial charge in [-0.2, -0.15) is 0 Å². The number of hydrogen-bond acceptors (Lipinski definition) is 2. The molecular formula is C14H18N2. The molecule has 0 amide bonds. The molecule has 0 aliphatic carbocycles. The Balaban J connectivity index is 2.45. The lowest BCUT2D eigenvalue weighted by Gasteiger charge is -2.15. The molecule has 16 heavy (non-hydrogen) atoms. The minimum absolute atomic E-state index is 0.843. The Kier molecular flexibility index (Phi) is 5.71. The van der Waals surface area contributed by atoms with E-state index in [0.29, 0.717) is 0 Å². The Hall–Kier alpha value is -1.83. The van der Waals surface area contributed by atoms with Crippen molar-refractivity contribution in [3.05, 3.63) is 67.7 Å². The molecule has 0 atom stereocenters. The second kappa shape index (κ2) is 7.46. The van der Waals surface area contributed by atoms with Gasteiger partial charge >= 0.3 is 0 Å². The molecule has 0 N–H and O–H groups in total. The molecular weight excluding hydrogens is 196 g/mol. The second-order valence-corrected chi connectivity index (χ2v) is 3.48. The average Bonchev–Trinajstić information content (AvgIpc) is 2.31. The van der Waals surface area contributed by atoms with Crippen molar-refractivity contribution in [2.75, 3.05) is 13.1 Å². The van der Waals surface area contributed by atoms with Crippen LogP contribution >= 0.6 is 0 Å². The van der Waals surface area contributed by atoms with E-state index >= 15 is 0 Å². The van der Waals surface area contributed by atoms with Gasteiger partial charge in [-0.15, -0.1) is 13.2 Å². The van der Waals surface area contributed by atoms with Gasteiger partial charge in [0, 0.05) is 25.5 Å². The Morgan fingerprint density at radius 1 is 1.25 bits per heavy atom. The van der Waals surface area contributed by atoms with Gasteiger partial charge in [0.05, 0.1) is 0 Å². The minimum atomic E-state index is 0.843. The van der Waals surface area contributed by atoms with Crippen molar-refractivity contribution in [2.45, 2.75) is 6.42 Å². The first kappa shape index (κ1) is 12.2. The van der Waals surface area contributed by atoms with Crippen LogP contribution in [0.5, 0.6) is 0 Å². The van der Waals surface area contributed by atoms with E-state index < -0.39 is 0 Å². The first-order chi connectivity index (χ1) is 7.86. The van der Waals surface area contributed by atoms with E-state index in [1.807, 2.05) is 24.4 Å². The van der Waals surface area contributed by atoms with Crippen molar-refractivity contribution in [1.82, 2.24) is 9.88 Å². The van der Waals surface area contributed by atoms with Crippen molar-refractivity contribution in [3.63, 3.8) is 0 Å². The molecule has 0 bridgehead atoms. The summed E-state index contributed by atoms with van der Waals surface area (Å²) in [5.74, 6) is 0. The summed E-state index contributed by atoms with van der Waals surface area (Å²) in [5.41, 5.74) is 1.22. The van der Waals surface area contributed by atoms with Crippen LogP contribution in [-0.4, -0.2) is 23.0 Å². The Morgan fingerprint density at radius 3 is 2.56 bits per heavy atom. The molecule has 1 aromatic rings. The molecule has 0 aliphatic rings. The molecule has 0 aromatic carbocycles. The van der Waals surface area contributed by atoms with Crippen LogP contribution in [0.1, 0.15) is 5.56 Å². The first-order valence-electron chi connectivity index (χ1n) is 5.38. The van der Waals surface area contributed by atoms with Gasteiger partial charge in [0.2, 0.25) is 0 Å². The molecule has 0 aliphatic heterocycles. The summed E-state index contributed by atoms with van der Waals surface area (Å²) in [6.45, 7) is 9.14. The summed E-state index contributed by atoms with van der Waals surface area (Å²) < 4.78 is 0. The van der Waals surface area contributed by atoms with Crippen molar-refractivity contribution in [2.24, 2.45) is 0 Å². The third kappa shape index (κ3) is 4.60. The molecule has 2 heteroatoms. The third-order valence-corrected chi connectivity index (χ3v) is 2.12. The molecule has 0 unspecified atom stereocenters. The van der Waals surface area contributed by atoms with E-state index in [1.54, 1.807) is 6.20 Å². The fourth-order valence-electron chi connectivity index (χ4n) is 1.38. The van der Waals surface area contributed by atoms with Gasteiger partial charge in [0.15, 0.2) is 0 Å². The van der Waals surface area contributed by atoms with E-state index in [2.05, 4.69) is 41.4 Å². The lowest BCUT2D eigenvalue weighted by Crippen LogP contribution is -2.16. The number of hydrogen-bond donors (Lipinski definition) is 0. The maximum absolute atomic E-state index is 4.08. The Bertz CT molecular complexity index is 331. The summed E-state index contributed by atoms with van der Waals surface area (Å²) in [6, 6.07) is 4.02. The molecule has 0 saturated heterocycles. The summed E-state index contributed by atoms with van der Waals surface area (Å²) in [4.78, 5) is 6.22. The smallest absolute Gasteiger partial charge is 0.0354 e. The maximum Gasteiger partial charge on any atom is 0.0354 e. The monoisotopic (exact) mass is 214 g/mol. The number of aromatic nitrogens is 1. The Morgan fingerprint density at radius 2 is 2.00 bits per heavy atom. The maximum atomic E-state index is 4.08. The number of rotatable bonds is 7. The van der Waals surface area contributed by atoms with E-state index in [1.165, 1.54) is 5.56 Å². The van der Waals surface area contributed by atoms with E-state index in [0.717, 1.165) is 19.5 Å². The van der Waals surface area contributed by atoms with E-state index in [-0.39, 0.29) is 0 Å². The Labute approximate surface area is 97.6 Å². The SMILES string of the molecule is C=CCN(C=CCc1cccnc1)CC=C. The summed E-state index contributed by atoms with van der Waals surface area (Å²) in [7, 11) is 0. The molecule has 1 heterocycles. The quantitative estimate of drug-likeness (QED) is 0.649. The van der Waals surface area contributed by atoms with Gasteiger partial charge in [-0.3, -0.25) is 4.98 Å². The molecule has 0 spiro atoms. The predicted octanol–water partition coefficient (Wildman–Crippen LogP) is 2.81. The molecule has 0 fully saturated rings. The fraction of sp³-hybridized carbons (Fsp3) is 0.214. The number of pyridine rings is 1. The van der Waals surface area contributed by atoms with Crippen LogP contribution in [0.25, 0.3) is 0 Å². The highest BCUT2D eigenvalue weighted by Gasteiger charge is 1.92. The molecule has 1 aromatic heterocycles. The van der Waals surface area contributed by atoms with Gasteiger partial charge in [-0.1, -0.05) is 24.3 Å². The normalized spacial score (nSPS) is 10.2.